The summed E-state index contributed by atoms with van der Waals surface area (Å²) in [6.07, 6.45) is 2.80. The fourth-order valence-corrected chi connectivity index (χ4v) is 3.05. The zero-order valence-corrected chi connectivity index (χ0v) is 11.7. The van der Waals surface area contributed by atoms with Crippen molar-refractivity contribution >= 4 is 57.6 Å². The maximum atomic E-state index is 11.7. The van der Waals surface area contributed by atoms with Crippen molar-refractivity contribution in [3.63, 3.8) is 0 Å². The molecule has 7 heteroatoms. The Bertz CT molecular complexity index is 384. The van der Waals surface area contributed by atoms with Gasteiger partial charge in [-0.3, -0.25) is 4.98 Å². The molecule has 0 fully saturated rings. The second-order valence-corrected chi connectivity index (χ2v) is 12.6. The highest BCUT2D eigenvalue weighted by Gasteiger charge is 2.37. The van der Waals surface area contributed by atoms with Crippen molar-refractivity contribution in [3.8, 4) is 0 Å². The van der Waals surface area contributed by atoms with Crippen molar-refractivity contribution in [3.05, 3.63) is 24.5 Å². The van der Waals surface area contributed by atoms with Crippen LogP contribution in [0.3, 0.4) is 0 Å². The number of sulfone groups is 1. The van der Waals surface area contributed by atoms with Gasteiger partial charge in [0.05, 0.1) is 4.90 Å². The highest BCUT2D eigenvalue weighted by Crippen LogP contribution is 2.42. The van der Waals surface area contributed by atoms with E-state index < -0.39 is 11.3 Å². The number of nitrogens with zero attached hydrogens (tertiary/aromatic N) is 1. The third-order valence-electron chi connectivity index (χ3n) is 1.25. The highest BCUT2D eigenvalue weighted by atomic mass is 80.0. The molecule has 1 aromatic rings. The van der Waals surface area contributed by atoms with Gasteiger partial charge in [-0.25, -0.2) is 8.42 Å². The Morgan fingerprint density at radius 1 is 1.31 bits per heavy atom. The van der Waals surface area contributed by atoms with Gasteiger partial charge in [0.25, 0.3) is 0 Å². The molecule has 0 saturated carbocycles. The number of hydrogen-bond acceptors (Lipinski definition) is 3. The van der Waals surface area contributed by atoms with Gasteiger partial charge in [-0.1, -0.05) is 0 Å². The number of alkyl halides is 3. The monoisotopic (exact) mass is 391 g/mol. The molecule has 13 heavy (non-hydrogen) atoms. The summed E-state index contributed by atoms with van der Waals surface area (Å²) in [7, 11) is -3.49. The van der Waals surface area contributed by atoms with Gasteiger partial charge >= 0.3 is 0 Å². The van der Waals surface area contributed by atoms with E-state index in [1.54, 1.807) is 6.07 Å². The van der Waals surface area contributed by atoms with Crippen LogP contribution in [-0.2, 0) is 9.84 Å². The van der Waals surface area contributed by atoms with E-state index in [-0.39, 0.29) is 4.90 Å². The van der Waals surface area contributed by atoms with Gasteiger partial charge in [0.15, 0.2) is 0 Å². The third-order valence-corrected chi connectivity index (χ3v) is 6.56. The van der Waals surface area contributed by atoms with Crippen molar-refractivity contribution in [2.45, 2.75) is 6.37 Å². The lowest BCUT2D eigenvalue weighted by atomic mass is 10.5. The summed E-state index contributed by atoms with van der Waals surface area (Å²) in [5.74, 6) is 0. The van der Waals surface area contributed by atoms with Crippen LogP contribution < -0.4 is 0 Å². The fraction of sp³-hybridized carbons (Fsp3) is 0.167. The van der Waals surface area contributed by atoms with E-state index in [1.165, 1.54) is 18.5 Å². The van der Waals surface area contributed by atoms with Crippen molar-refractivity contribution in [2.24, 2.45) is 0 Å². The molecule has 0 N–H and O–H groups in total. The van der Waals surface area contributed by atoms with Crippen molar-refractivity contribution in [1.82, 2.24) is 4.98 Å². The largest absolute Gasteiger partial charge is 0.263 e. The van der Waals surface area contributed by atoms with E-state index >= 15 is 0 Å². The summed E-state index contributed by atoms with van der Waals surface area (Å²) in [6.45, 7) is 0. The standard InChI is InChI=1S/C6H4Br3NO2S/c7-6(8,9)13(11,12)5-2-1-3-10-4-5/h1-4H. The topological polar surface area (TPSA) is 47.0 Å². The molecule has 0 atom stereocenters. The maximum absolute atomic E-state index is 11.7. The lowest BCUT2D eigenvalue weighted by Gasteiger charge is -2.12. The van der Waals surface area contributed by atoms with Gasteiger partial charge < -0.3 is 0 Å². The van der Waals surface area contributed by atoms with Crippen LogP contribution in [0.1, 0.15) is 0 Å². The third kappa shape index (κ3) is 2.51. The minimum Gasteiger partial charge on any atom is -0.263 e. The second-order valence-electron chi connectivity index (χ2n) is 2.14. The summed E-state index contributed by atoms with van der Waals surface area (Å²) < 4.78 is 22.0. The average Bonchev–Trinajstić information content (AvgIpc) is 2.04. The summed E-state index contributed by atoms with van der Waals surface area (Å²) >= 11 is 8.86. The van der Waals surface area contributed by atoms with Crippen LogP contribution in [0.2, 0.25) is 0 Å². The Morgan fingerprint density at radius 2 is 1.92 bits per heavy atom. The number of aromatic nitrogens is 1. The molecular weight excluding hydrogens is 390 g/mol. The number of pyridine rings is 1. The lowest BCUT2D eigenvalue weighted by Crippen LogP contribution is -2.17. The number of halogens is 3. The van der Waals surface area contributed by atoms with E-state index in [0.717, 1.165) is 0 Å². The van der Waals surface area contributed by atoms with E-state index in [0.29, 0.717) is 0 Å². The molecule has 0 unspecified atom stereocenters. The summed E-state index contributed by atoms with van der Waals surface area (Å²) in [6, 6.07) is 3.03. The molecule has 3 nitrogen and oxygen atoms in total. The van der Waals surface area contributed by atoms with E-state index in [4.69, 9.17) is 0 Å². The first-order chi connectivity index (χ1) is 5.86. The molecule has 0 radical (unpaired) electrons. The minimum absolute atomic E-state index is 0.139. The minimum atomic E-state index is -3.49. The van der Waals surface area contributed by atoms with Crippen molar-refractivity contribution in [1.29, 1.82) is 0 Å². The Labute approximate surface area is 101 Å². The van der Waals surface area contributed by atoms with E-state index in [9.17, 15) is 8.42 Å². The Morgan fingerprint density at radius 3 is 2.31 bits per heavy atom. The second kappa shape index (κ2) is 3.96. The Balaban J connectivity index is 3.26. The normalized spacial score (nSPS) is 12.8. The predicted octanol–water partition coefficient (Wildman–Crippen LogP) is 2.65. The van der Waals surface area contributed by atoms with Crippen LogP contribution in [0.15, 0.2) is 29.4 Å². The Kier molecular flexibility index (Phi) is 3.54. The molecule has 0 aliphatic heterocycles. The summed E-state index contributed by atoms with van der Waals surface area (Å²) in [5, 5.41) is 0. The molecule has 72 valence electrons. The highest BCUT2D eigenvalue weighted by molar-refractivity contribution is 9.42. The zero-order chi connectivity index (χ0) is 10.1. The van der Waals surface area contributed by atoms with E-state index in [1.807, 2.05) is 0 Å². The average molecular weight is 394 g/mol. The van der Waals surface area contributed by atoms with Crippen LogP contribution in [0.25, 0.3) is 0 Å². The molecule has 1 aromatic heterocycles. The van der Waals surface area contributed by atoms with Crippen LogP contribution in [-0.4, -0.2) is 14.9 Å². The first-order valence-corrected chi connectivity index (χ1v) is 6.93. The smallest absolute Gasteiger partial charge is 0.239 e. The van der Waals surface area contributed by atoms with Gasteiger partial charge in [-0.05, 0) is 59.9 Å². The van der Waals surface area contributed by atoms with Gasteiger partial charge in [0.2, 0.25) is 11.3 Å². The first-order valence-electron chi connectivity index (χ1n) is 3.07. The van der Waals surface area contributed by atoms with Crippen molar-refractivity contribution in [2.75, 3.05) is 0 Å². The van der Waals surface area contributed by atoms with Gasteiger partial charge in [-0.15, -0.1) is 0 Å². The lowest BCUT2D eigenvalue weighted by molar-refractivity contribution is 0.598. The molecular formula is C6H4Br3NO2S. The first kappa shape index (κ1) is 11.6. The van der Waals surface area contributed by atoms with Crippen LogP contribution in [0.4, 0.5) is 0 Å². The van der Waals surface area contributed by atoms with Gasteiger partial charge in [0, 0.05) is 12.4 Å². The van der Waals surface area contributed by atoms with Crippen LogP contribution >= 0.6 is 47.8 Å². The van der Waals surface area contributed by atoms with E-state index in [2.05, 4.69) is 52.8 Å². The van der Waals surface area contributed by atoms with Crippen LogP contribution in [0.5, 0.6) is 0 Å². The van der Waals surface area contributed by atoms with Gasteiger partial charge in [0.1, 0.15) is 0 Å². The number of rotatable bonds is 1. The van der Waals surface area contributed by atoms with Crippen LogP contribution in [0, 0.1) is 0 Å². The molecule has 0 saturated heterocycles. The van der Waals surface area contributed by atoms with Gasteiger partial charge in [-0.2, -0.15) is 0 Å². The Hall–Kier alpha value is 0.540. The number of hydrogen-bond donors (Lipinski definition) is 0. The molecule has 0 aromatic carbocycles. The molecule has 1 heterocycles. The SMILES string of the molecule is O=S(=O)(c1cccnc1)C(Br)(Br)Br. The van der Waals surface area contributed by atoms with Crippen molar-refractivity contribution < 1.29 is 8.42 Å². The maximum Gasteiger partial charge on any atom is 0.239 e. The molecule has 0 bridgehead atoms. The summed E-state index contributed by atoms with van der Waals surface area (Å²) in [5.41, 5.74) is 0. The quantitative estimate of drug-likeness (QED) is 0.689. The fourth-order valence-electron chi connectivity index (χ4n) is 0.640. The predicted molar refractivity (Wildman–Crippen MR) is 60.9 cm³/mol. The molecule has 0 aliphatic carbocycles. The molecule has 0 spiro atoms. The zero-order valence-electron chi connectivity index (χ0n) is 6.12. The molecule has 0 amide bonds. The molecule has 0 aliphatic rings. The molecule has 1 rings (SSSR count). The summed E-state index contributed by atoms with van der Waals surface area (Å²) in [4.78, 5) is 3.86.